The Morgan fingerprint density at radius 3 is 2.56 bits per heavy atom. The van der Waals surface area contributed by atoms with Crippen molar-refractivity contribution in [3.05, 3.63) is 48.0 Å². The van der Waals surface area contributed by atoms with Crippen LogP contribution in [0, 0.1) is 0 Å². The summed E-state index contributed by atoms with van der Waals surface area (Å²) in [6, 6.07) is 9.72. The number of thioether (sulfide) groups is 1. The van der Waals surface area contributed by atoms with Gasteiger partial charge in [-0.1, -0.05) is 11.8 Å². The van der Waals surface area contributed by atoms with Gasteiger partial charge in [0.05, 0.1) is 29.0 Å². The fourth-order valence-electron chi connectivity index (χ4n) is 2.36. The molecule has 2 N–H and O–H groups in total. The quantitative estimate of drug-likeness (QED) is 0.614. The molecule has 9 heteroatoms. The van der Waals surface area contributed by atoms with E-state index in [0.717, 1.165) is 23.2 Å². The Balaban J connectivity index is 1.65. The molecule has 2 aromatic carbocycles. The third-order valence-electron chi connectivity index (χ3n) is 3.80. The molecule has 1 atom stereocenters. The maximum absolute atomic E-state index is 12.6. The lowest BCUT2D eigenvalue weighted by atomic mass is 10.2. The number of nitrogens with zero attached hydrogens (tertiary/aromatic N) is 1. The van der Waals surface area contributed by atoms with Crippen LogP contribution in [0.15, 0.2) is 47.6 Å². The van der Waals surface area contributed by atoms with Crippen LogP contribution in [0.4, 0.5) is 18.9 Å². The third-order valence-corrected chi connectivity index (χ3v) is 4.79. The monoisotopic (exact) mass is 395 g/mol. The van der Waals surface area contributed by atoms with E-state index in [1.54, 1.807) is 26.2 Å². The normalized spacial score (nSPS) is 12.8. The van der Waals surface area contributed by atoms with E-state index in [4.69, 9.17) is 4.74 Å². The van der Waals surface area contributed by atoms with Gasteiger partial charge in [-0.05, 0) is 43.3 Å². The van der Waals surface area contributed by atoms with Crippen molar-refractivity contribution in [2.45, 2.75) is 23.5 Å². The fourth-order valence-corrected chi connectivity index (χ4v) is 3.18. The number of hydrogen-bond acceptors (Lipinski definition) is 4. The topological polar surface area (TPSA) is 67.0 Å². The Morgan fingerprint density at radius 1 is 1.22 bits per heavy atom. The first-order valence-corrected chi connectivity index (χ1v) is 8.83. The number of aromatic nitrogens is 2. The molecule has 0 saturated heterocycles. The number of benzene rings is 2. The van der Waals surface area contributed by atoms with Gasteiger partial charge in [0.25, 0.3) is 0 Å². The number of hydrogen-bond donors (Lipinski definition) is 2. The van der Waals surface area contributed by atoms with E-state index in [1.165, 1.54) is 23.9 Å². The number of H-pyrrole nitrogens is 1. The number of amides is 1. The minimum atomic E-state index is -4.41. The molecule has 0 aliphatic heterocycles. The molecule has 0 aliphatic carbocycles. The molecule has 0 unspecified atom stereocenters. The first-order valence-electron chi connectivity index (χ1n) is 7.95. The average Bonchev–Trinajstić information content (AvgIpc) is 3.02. The zero-order chi connectivity index (χ0) is 19.6. The van der Waals surface area contributed by atoms with Gasteiger partial charge in [0.2, 0.25) is 5.91 Å². The predicted molar refractivity (Wildman–Crippen MR) is 98.0 cm³/mol. The molecule has 0 radical (unpaired) electrons. The van der Waals surface area contributed by atoms with Gasteiger partial charge >= 0.3 is 6.18 Å². The second-order valence-electron chi connectivity index (χ2n) is 5.75. The lowest BCUT2D eigenvalue weighted by molar-refractivity contribution is -0.137. The van der Waals surface area contributed by atoms with Crippen LogP contribution in [-0.2, 0) is 11.0 Å². The summed E-state index contributed by atoms with van der Waals surface area (Å²) in [5.41, 5.74) is 1.07. The van der Waals surface area contributed by atoms with Crippen LogP contribution >= 0.6 is 11.8 Å². The molecular weight excluding hydrogens is 379 g/mol. The highest BCUT2D eigenvalue weighted by Gasteiger charge is 2.30. The highest BCUT2D eigenvalue weighted by Crippen LogP contribution is 2.30. The number of carbonyl (C=O) groups is 1. The number of rotatable bonds is 5. The SMILES string of the molecule is COc1ccc2nc(S[C@H](C)C(=O)Nc3ccc(C(F)(F)F)cc3)[nH]c2c1. The molecule has 0 saturated carbocycles. The van der Waals surface area contributed by atoms with Gasteiger partial charge in [0, 0.05) is 11.8 Å². The van der Waals surface area contributed by atoms with Crippen LogP contribution < -0.4 is 10.1 Å². The maximum Gasteiger partial charge on any atom is 0.416 e. The number of alkyl halides is 3. The molecule has 1 heterocycles. The molecule has 0 spiro atoms. The van der Waals surface area contributed by atoms with E-state index < -0.39 is 17.0 Å². The summed E-state index contributed by atoms with van der Waals surface area (Å²) < 4.78 is 42.9. The summed E-state index contributed by atoms with van der Waals surface area (Å²) >= 11 is 1.22. The molecule has 0 aliphatic rings. The summed E-state index contributed by atoms with van der Waals surface area (Å²) in [7, 11) is 1.57. The van der Waals surface area contributed by atoms with E-state index in [2.05, 4.69) is 15.3 Å². The highest BCUT2D eigenvalue weighted by atomic mass is 32.2. The van der Waals surface area contributed by atoms with Gasteiger partial charge in [-0.25, -0.2) is 4.98 Å². The average molecular weight is 395 g/mol. The van der Waals surface area contributed by atoms with Crippen molar-refractivity contribution in [3.8, 4) is 5.75 Å². The maximum atomic E-state index is 12.6. The first kappa shape index (κ1) is 19.1. The first-order chi connectivity index (χ1) is 12.8. The van der Waals surface area contributed by atoms with Gasteiger partial charge < -0.3 is 15.0 Å². The summed E-state index contributed by atoms with van der Waals surface area (Å²) in [5.74, 6) is 0.355. The number of fused-ring (bicyclic) bond motifs is 1. The van der Waals surface area contributed by atoms with E-state index in [1.807, 2.05) is 6.07 Å². The smallest absolute Gasteiger partial charge is 0.416 e. The number of methoxy groups -OCH3 is 1. The Kier molecular flexibility index (Phi) is 5.31. The predicted octanol–water partition coefficient (Wildman–Crippen LogP) is 4.71. The number of nitrogens with one attached hydrogen (secondary N) is 2. The van der Waals surface area contributed by atoms with Crippen molar-refractivity contribution in [2.75, 3.05) is 12.4 Å². The Labute approximate surface area is 157 Å². The van der Waals surface area contributed by atoms with Gasteiger partial charge in [-0.3, -0.25) is 4.79 Å². The molecular formula is C18H16F3N3O2S. The zero-order valence-corrected chi connectivity index (χ0v) is 15.2. The van der Waals surface area contributed by atoms with E-state index >= 15 is 0 Å². The van der Waals surface area contributed by atoms with E-state index in [-0.39, 0.29) is 5.91 Å². The summed E-state index contributed by atoms with van der Waals surface area (Å²) in [5, 5.41) is 2.66. The number of imidazole rings is 1. The Morgan fingerprint density at radius 2 is 1.93 bits per heavy atom. The van der Waals surface area contributed by atoms with Crippen molar-refractivity contribution in [3.63, 3.8) is 0 Å². The Bertz CT molecular complexity index is 955. The fraction of sp³-hybridized carbons (Fsp3) is 0.222. The van der Waals surface area contributed by atoms with E-state index in [9.17, 15) is 18.0 Å². The number of aromatic amines is 1. The van der Waals surface area contributed by atoms with Crippen LogP contribution in [0.3, 0.4) is 0 Å². The summed E-state index contributed by atoms with van der Waals surface area (Å²) in [6.07, 6.45) is -4.41. The molecule has 5 nitrogen and oxygen atoms in total. The van der Waals surface area contributed by atoms with Gasteiger partial charge in [-0.15, -0.1) is 0 Å². The summed E-state index contributed by atoms with van der Waals surface area (Å²) in [6.45, 7) is 1.69. The van der Waals surface area contributed by atoms with Crippen LogP contribution in [0.2, 0.25) is 0 Å². The molecule has 0 bridgehead atoms. The zero-order valence-electron chi connectivity index (χ0n) is 14.4. The van der Waals surface area contributed by atoms with Crippen LogP contribution in [0.5, 0.6) is 5.75 Å². The van der Waals surface area contributed by atoms with Crippen molar-refractivity contribution in [1.82, 2.24) is 9.97 Å². The van der Waals surface area contributed by atoms with Crippen molar-refractivity contribution >= 4 is 34.4 Å². The molecule has 1 amide bonds. The molecule has 3 aromatic rings. The number of ether oxygens (including phenoxy) is 1. The van der Waals surface area contributed by atoms with Crippen LogP contribution in [0.25, 0.3) is 11.0 Å². The van der Waals surface area contributed by atoms with Gasteiger partial charge in [0.15, 0.2) is 5.16 Å². The molecule has 1 aromatic heterocycles. The van der Waals surface area contributed by atoms with Crippen LogP contribution in [-0.4, -0.2) is 28.2 Å². The van der Waals surface area contributed by atoms with Crippen molar-refractivity contribution < 1.29 is 22.7 Å². The lowest BCUT2D eigenvalue weighted by Gasteiger charge is -2.12. The number of halogens is 3. The molecule has 27 heavy (non-hydrogen) atoms. The summed E-state index contributed by atoms with van der Waals surface area (Å²) in [4.78, 5) is 19.8. The van der Waals surface area contributed by atoms with Crippen LogP contribution in [0.1, 0.15) is 12.5 Å². The minimum Gasteiger partial charge on any atom is -0.497 e. The Hall–Kier alpha value is -2.68. The lowest BCUT2D eigenvalue weighted by Crippen LogP contribution is -2.22. The molecule has 3 rings (SSSR count). The second-order valence-corrected chi connectivity index (χ2v) is 7.08. The highest BCUT2D eigenvalue weighted by molar-refractivity contribution is 8.00. The largest absolute Gasteiger partial charge is 0.497 e. The number of carbonyl (C=O) groups excluding carboxylic acids is 1. The van der Waals surface area contributed by atoms with Crippen molar-refractivity contribution in [1.29, 1.82) is 0 Å². The van der Waals surface area contributed by atoms with E-state index in [0.29, 0.717) is 16.6 Å². The molecule has 142 valence electrons. The van der Waals surface area contributed by atoms with Gasteiger partial charge in [0.1, 0.15) is 5.75 Å². The standard InChI is InChI=1S/C18H16F3N3O2S/c1-10(16(25)22-12-5-3-11(4-6-12)18(19,20)21)27-17-23-14-8-7-13(26-2)9-15(14)24-17/h3-10H,1-2H3,(H,22,25)(H,23,24)/t10-/m1/s1. The number of anilines is 1. The van der Waals surface area contributed by atoms with Gasteiger partial charge in [-0.2, -0.15) is 13.2 Å². The third kappa shape index (κ3) is 4.54. The van der Waals surface area contributed by atoms with Crippen molar-refractivity contribution in [2.24, 2.45) is 0 Å². The second kappa shape index (κ2) is 7.51. The molecule has 0 fully saturated rings. The minimum absolute atomic E-state index is 0.301.